The van der Waals surface area contributed by atoms with Crippen LogP contribution in [0.4, 0.5) is 5.69 Å². The fourth-order valence-corrected chi connectivity index (χ4v) is 3.42. The SMILES string of the molecule is CCOc1ccc(C(CO)NC(=O)c2cccc(NCc3nnc(-c4ccncn4)n3C)c2)cn1. The van der Waals surface area contributed by atoms with Crippen LogP contribution in [0.25, 0.3) is 11.5 Å². The smallest absolute Gasteiger partial charge is 0.251 e. The molecule has 0 bridgehead atoms. The zero-order chi connectivity index (χ0) is 24.6. The van der Waals surface area contributed by atoms with Gasteiger partial charge in [-0.05, 0) is 42.8 Å². The molecule has 3 N–H and O–H groups in total. The first-order valence-corrected chi connectivity index (χ1v) is 11.1. The number of aromatic nitrogens is 6. The van der Waals surface area contributed by atoms with E-state index in [-0.39, 0.29) is 12.5 Å². The number of aliphatic hydroxyl groups is 1. The predicted octanol–water partition coefficient (Wildman–Crippen LogP) is 2.14. The van der Waals surface area contributed by atoms with Gasteiger partial charge in [0.1, 0.15) is 12.0 Å². The third-order valence-corrected chi connectivity index (χ3v) is 5.29. The van der Waals surface area contributed by atoms with Gasteiger partial charge in [-0.2, -0.15) is 0 Å². The number of nitrogens with one attached hydrogen (secondary N) is 2. The molecule has 35 heavy (non-hydrogen) atoms. The first-order chi connectivity index (χ1) is 17.1. The topological polar surface area (TPSA) is 140 Å². The van der Waals surface area contributed by atoms with Crippen molar-refractivity contribution in [3.63, 3.8) is 0 Å². The minimum absolute atomic E-state index is 0.264. The highest BCUT2D eigenvalue weighted by atomic mass is 16.5. The minimum Gasteiger partial charge on any atom is -0.478 e. The number of nitrogens with zero attached hydrogens (tertiary/aromatic N) is 6. The van der Waals surface area contributed by atoms with Gasteiger partial charge in [0.05, 0.1) is 25.8 Å². The van der Waals surface area contributed by atoms with Crippen LogP contribution >= 0.6 is 0 Å². The molecule has 11 nitrogen and oxygen atoms in total. The number of carbonyl (C=O) groups excluding carboxylic acids is 1. The highest BCUT2D eigenvalue weighted by Crippen LogP contribution is 2.18. The van der Waals surface area contributed by atoms with E-state index in [4.69, 9.17) is 4.74 Å². The molecule has 0 fully saturated rings. The van der Waals surface area contributed by atoms with Crippen molar-refractivity contribution in [3.05, 3.63) is 78.1 Å². The Labute approximate surface area is 202 Å². The van der Waals surface area contributed by atoms with Gasteiger partial charge in [-0.15, -0.1) is 10.2 Å². The van der Waals surface area contributed by atoms with E-state index in [0.717, 1.165) is 5.69 Å². The Morgan fingerprint density at radius 1 is 1.17 bits per heavy atom. The Morgan fingerprint density at radius 3 is 2.77 bits per heavy atom. The lowest BCUT2D eigenvalue weighted by molar-refractivity contribution is 0.0916. The second kappa shape index (κ2) is 11.2. The summed E-state index contributed by atoms with van der Waals surface area (Å²) in [5.74, 6) is 1.52. The summed E-state index contributed by atoms with van der Waals surface area (Å²) in [6, 6.07) is 11.7. The summed E-state index contributed by atoms with van der Waals surface area (Å²) in [6.45, 7) is 2.52. The van der Waals surface area contributed by atoms with Crippen molar-refractivity contribution < 1.29 is 14.6 Å². The van der Waals surface area contributed by atoms with Gasteiger partial charge >= 0.3 is 0 Å². The van der Waals surface area contributed by atoms with Crippen LogP contribution in [0.5, 0.6) is 5.88 Å². The third-order valence-electron chi connectivity index (χ3n) is 5.29. The second-order valence-electron chi connectivity index (χ2n) is 7.60. The van der Waals surface area contributed by atoms with Crippen molar-refractivity contribution in [2.24, 2.45) is 7.05 Å². The molecule has 0 radical (unpaired) electrons. The maximum absolute atomic E-state index is 12.9. The van der Waals surface area contributed by atoms with Gasteiger partial charge in [0.2, 0.25) is 5.88 Å². The maximum atomic E-state index is 12.9. The highest BCUT2D eigenvalue weighted by molar-refractivity contribution is 5.95. The van der Waals surface area contributed by atoms with E-state index in [9.17, 15) is 9.90 Å². The van der Waals surface area contributed by atoms with Gasteiger partial charge in [0.15, 0.2) is 11.6 Å². The molecule has 0 aliphatic carbocycles. The Hall–Kier alpha value is -4.38. The first kappa shape index (κ1) is 23.8. The Balaban J connectivity index is 1.40. The third kappa shape index (κ3) is 5.76. The average molecular weight is 475 g/mol. The molecular formula is C24H26N8O3. The van der Waals surface area contributed by atoms with Gasteiger partial charge in [-0.25, -0.2) is 15.0 Å². The number of anilines is 1. The van der Waals surface area contributed by atoms with E-state index in [1.807, 2.05) is 24.6 Å². The van der Waals surface area contributed by atoms with Gasteiger partial charge in [-0.3, -0.25) is 4.79 Å². The summed E-state index contributed by atoms with van der Waals surface area (Å²) in [5.41, 5.74) is 2.56. The molecule has 4 rings (SSSR count). The lowest BCUT2D eigenvalue weighted by Crippen LogP contribution is -2.30. The van der Waals surface area contributed by atoms with Crippen molar-refractivity contribution in [3.8, 4) is 17.4 Å². The Bertz CT molecular complexity index is 1260. The van der Waals surface area contributed by atoms with Crippen molar-refractivity contribution in [2.75, 3.05) is 18.5 Å². The summed E-state index contributed by atoms with van der Waals surface area (Å²) in [7, 11) is 1.86. The monoisotopic (exact) mass is 474 g/mol. The van der Waals surface area contributed by atoms with E-state index in [1.165, 1.54) is 6.33 Å². The van der Waals surface area contributed by atoms with Gasteiger partial charge < -0.3 is 25.0 Å². The number of pyridine rings is 1. The van der Waals surface area contributed by atoms with Crippen LogP contribution in [-0.2, 0) is 13.6 Å². The molecule has 1 amide bonds. The average Bonchev–Trinajstić information content (AvgIpc) is 3.27. The van der Waals surface area contributed by atoms with Crippen LogP contribution in [0.2, 0.25) is 0 Å². The highest BCUT2D eigenvalue weighted by Gasteiger charge is 2.16. The van der Waals surface area contributed by atoms with E-state index in [2.05, 4.69) is 35.8 Å². The molecule has 1 unspecified atom stereocenters. The number of carbonyl (C=O) groups is 1. The number of ether oxygens (including phenoxy) is 1. The molecule has 180 valence electrons. The molecule has 0 saturated heterocycles. The number of hydrogen-bond donors (Lipinski definition) is 3. The van der Waals surface area contributed by atoms with Crippen molar-refractivity contribution in [2.45, 2.75) is 19.5 Å². The van der Waals surface area contributed by atoms with E-state index in [1.54, 1.807) is 48.8 Å². The lowest BCUT2D eigenvalue weighted by atomic mass is 10.1. The maximum Gasteiger partial charge on any atom is 0.251 e. The summed E-state index contributed by atoms with van der Waals surface area (Å²) < 4.78 is 7.19. The Kier molecular flexibility index (Phi) is 7.58. The number of amides is 1. The molecule has 1 atom stereocenters. The summed E-state index contributed by atoms with van der Waals surface area (Å²) in [5, 5.41) is 24.4. The molecule has 0 saturated carbocycles. The Morgan fingerprint density at radius 2 is 2.06 bits per heavy atom. The largest absolute Gasteiger partial charge is 0.478 e. The summed E-state index contributed by atoms with van der Waals surface area (Å²) in [6.07, 6.45) is 4.70. The van der Waals surface area contributed by atoms with Crippen LogP contribution in [-0.4, -0.2) is 53.9 Å². The van der Waals surface area contributed by atoms with Crippen molar-refractivity contribution >= 4 is 11.6 Å². The van der Waals surface area contributed by atoms with Crippen molar-refractivity contribution in [1.82, 2.24) is 35.0 Å². The predicted molar refractivity (Wildman–Crippen MR) is 128 cm³/mol. The molecule has 1 aromatic carbocycles. The summed E-state index contributed by atoms with van der Waals surface area (Å²) in [4.78, 5) is 25.2. The molecule has 3 aromatic heterocycles. The fraction of sp³-hybridized carbons (Fsp3) is 0.250. The first-order valence-electron chi connectivity index (χ1n) is 11.1. The van der Waals surface area contributed by atoms with E-state index in [0.29, 0.717) is 47.5 Å². The van der Waals surface area contributed by atoms with E-state index < -0.39 is 6.04 Å². The van der Waals surface area contributed by atoms with Crippen LogP contribution in [0.1, 0.15) is 34.7 Å². The molecule has 11 heteroatoms. The van der Waals surface area contributed by atoms with Gasteiger partial charge in [0.25, 0.3) is 5.91 Å². The van der Waals surface area contributed by atoms with Crippen LogP contribution in [0.15, 0.2) is 61.2 Å². The minimum atomic E-state index is -0.596. The van der Waals surface area contributed by atoms with E-state index >= 15 is 0 Å². The molecule has 0 aliphatic rings. The zero-order valence-electron chi connectivity index (χ0n) is 19.4. The number of aliphatic hydroxyl groups excluding tert-OH is 1. The zero-order valence-corrected chi connectivity index (χ0v) is 19.4. The van der Waals surface area contributed by atoms with Crippen LogP contribution < -0.4 is 15.4 Å². The molecule has 0 spiro atoms. The van der Waals surface area contributed by atoms with Crippen LogP contribution in [0.3, 0.4) is 0 Å². The number of hydrogen-bond acceptors (Lipinski definition) is 9. The number of rotatable bonds is 10. The quantitative estimate of drug-likeness (QED) is 0.315. The summed E-state index contributed by atoms with van der Waals surface area (Å²) >= 11 is 0. The fourth-order valence-electron chi connectivity index (χ4n) is 3.42. The van der Waals surface area contributed by atoms with Gasteiger partial charge in [-0.1, -0.05) is 6.07 Å². The second-order valence-corrected chi connectivity index (χ2v) is 7.60. The lowest BCUT2D eigenvalue weighted by Gasteiger charge is -2.17. The van der Waals surface area contributed by atoms with Crippen LogP contribution in [0, 0.1) is 0 Å². The van der Waals surface area contributed by atoms with Gasteiger partial charge in [0, 0.05) is 36.8 Å². The van der Waals surface area contributed by atoms with Crippen molar-refractivity contribution in [1.29, 1.82) is 0 Å². The normalized spacial score (nSPS) is 11.6. The standard InChI is InChI=1S/C24H26N8O3/c1-3-35-22-8-7-17(12-27-22)20(14-33)29-24(34)16-5-4-6-18(11-16)26-13-21-30-31-23(32(21)2)19-9-10-25-15-28-19/h4-12,15,20,26,33H,3,13-14H2,1-2H3,(H,29,34). The molecule has 0 aliphatic heterocycles. The molecule has 4 aromatic rings. The number of benzene rings is 1. The molecule has 3 heterocycles. The molecular weight excluding hydrogens is 448 g/mol.